The topological polar surface area (TPSA) is 47.6 Å². The fraction of sp³-hybridized carbons (Fsp3) is 0.533. The minimum atomic E-state index is 0.0728. The van der Waals surface area contributed by atoms with Gasteiger partial charge in [-0.1, -0.05) is 12.1 Å². The summed E-state index contributed by atoms with van der Waals surface area (Å²) in [5.74, 6) is 0.778. The second-order valence-corrected chi connectivity index (χ2v) is 4.61. The van der Waals surface area contributed by atoms with Gasteiger partial charge in [-0.15, -0.1) is 0 Å². The van der Waals surface area contributed by atoms with E-state index >= 15 is 0 Å². The van der Waals surface area contributed by atoms with E-state index in [-0.39, 0.29) is 11.9 Å². The molecule has 0 aliphatic rings. The van der Waals surface area contributed by atoms with Crippen molar-refractivity contribution in [3.05, 3.63) is 29.8 Å². The number of methoxy groups -OCH3 is 1. The van der Waals surface area contributed by atoms with Crippen molar-refractivity contribution in [2.75, 3.05) is 26.8 Å². The van der Waals surface area contributed by atoms with E-state index in [1.807, 2.05) is 26.0 Å². The van der Waals surface area contributed by atoms with Crippen LogP contribution in [-0.2, 0) is 4.74 Å². The summed E-state index contributed by atoms with van der Waals surface area (Å²) in [5, 5.41) is 3.12. The molecule has 0 aliphatic carbocycles. The predicted molar refractivity (Wildman–Crippen MR) is 75.9 cm³/mol. The molecular weight excluding hydrogens is 242 g/mol. The molecule has 4 heteroatoms. The first kappa shape index (κ1) is 15.7. The molecule has 4 nitrogen and oxygen atoms in total. The van der Waals surface area contributed by atoms with Gasteiger partial charge in [-0.25, -0.2) is 0 Å². The van der Waals surface area contributed by atoms with Crippen molar-refractivity contribution in [3.63, 3.8) is 0 Å². The van der Waals surface area contributed by atoms with Gasteiger partial charge in [0.1, 0.15) is 5.75 Å². The highest BCUT2D eigenvalue weighted by Gasteiger charge is 2.06. The van der Waals surface area contributed by atoms with Crippen LogP contribution in [0.2, 0.25) is 0 Å². The largest absolute Gasteiger partial charge is 0.497 e. The van der Waals surface area contributed by atoms with Gasteiger partial charge in [0.05, 0.1) is 19.8 Å². The highest BCUT2D eigenvalue weighted by Crippen LogP contribution is 2.12. The second kappa shape index (κ2) is 8.67. The molecule has 0 amide bonds. The Morgan fingerprint density at radius 3 is 2.84 bits per heavy atom. The number of benzene rings is 1. The fourth-order valence-corrected chi connectivity index (χ4v) is 1.62. The first-order valence-corrected chi connectivity index (χ1v) is 6.63. The van der Waals surface area contributed by atoms with Crippen LogP contribution in [0.1, 0.15) is 30.6 Å². The van der Waals surface area contributed by atoms with Crippen molar-refractivity contribution >= 4 is 5.78 Å². The minimum absolute atomic E-state index is 0.0728. The molecule has 0 aromatic heterocycles. The minimum Gasteiger partial charge on any atom is -0.497 e. The van der Waals surface area contributed by atoms with Crippen LogP contribution in [0.5, 0.6) is 5.75 Å². The molecule has 1 aromatic rings. The van der Waals surface area contributed by atoms with Gasteiger partial charge in [0.15, 0.2) is 5.78 Å². The van der Waals surface area contributed by atoms with Crippen molar-refractivity contribution in [2.45, 2.75) is 26.4 Å². The molecule has 0 unspecified atom stereocenters. The quantitative estimate of drug-likeness (QED) is 0.549. The molecule has 0 saturated carbocycles. The molecular formula is C15H23NO3. The molecule has 1 N–H and O–H groups in total. The summed E-state index contributed by atoms with van der Waals surface area (Å²) in [7, 11) is 1.59. The SMILES string of the molecule is COc1cccc(C(=O)CNCCCOC(C)C)c1. The van der Waals surface area contributed by atoms with Gasteiger partial charge in [0.2, 0.25) is 0 Å². The van der Waals surface area contributed by atoms with Gasteiger partial charge in [0, 0.05) is 12.2 Å². The Bertz CT molecular complexity index is 391. The van der Waals surface area contributed by atoms with E-state index in [1.54, 1.807) is 19.2 Å². The lowest BCUT2D eigenvalue weighted by molar-refractivity contribution is 0.0767. The summed E-state index contributed by atoms with van der Waals surface area (Å²) in [6.45, 7) is 5.87. The standard InChI is InChI=1S/C15H23NO3/c1-12(2)19-9-5-8-16-11-15(17)13-6-4-7-14(10-13)18-3/h4,6-7,10,12,16H,5,8-9,11H2,1-3H3. The number of rotatable bonds is 9. The average Bonchev–Trinajstić information content (AvgIpc) is 2.42. The van der Waals surface area contributed by atoms with Crippen LogP contribution in [0.15, 0.2) is 24.3 Å². The number of carbonyl (C=O) groups is 1. The summed E-state index contributed by atoms with van der Waals surface area (Å²) in [6, 6.07) is 7.20. The molecule has 19 heavy (non-hydrogen) atoms. The third-order valence-electron chi connectivity index (χ3n) is 2.63. The first-order valence-electron chi connectivity index (χ1n) is 6.63. The zero-order valence-electron chi connectivity index (χ0n) is 11.9. The van der Waals surface area contributed by atoms with E-state index in [2.05, 4.69) is 5.32 Å². The van der Waals surface area contributed by atoms with Gasteiger partial charge in [-0.3, -0.25) is 4.79 Å². The Morgan fingerprint density at radius 1 is 1.37 bits per heavy atom. The van der Waals surface area contributed by atoms with Crippen molar-refractivity contribution in [1.82, 2.24) is 5.32 Å². The van der Waals surface area contributed by atoms with Crippen molar-refractivity contribution < 1.29 is 14.3 Å². The van der Waals surface area contributed by atoms with Crippen LogP contribution in [0.3, 0.4) is 0 Å². The van der Waals surface area contributed by atoms with Crippen molar-refractivity contribution in [2.24, 2.45) is 0 Å². The van der Waals surface area contributed by atoms with Crippen LogP contribution in [0.4, 0.5) is 0 Å². The monoisotopic (exact) mass is 265 g/mol. The Hall–Kier alpha value is -1.39. The van der Waals surface area contributed by atoms with Crippen LogP contribution in [0, 0.1) is 0 Å². The number of ether oxygens (including phenoxy) is 2. The summed E-state index contributed by atoms with van der Waals surface area (Å²) < 4.78 is 10.5. The van der Waals surface area contributed by atoms with Crippen LogP contribution < -0.4 is 10.1 Å². The molecule has 1 aromatic carbocycles. The van der Waals surface area contributed by atoms with Crippen LogP contribution in [-0.4, -0.2) is 38.7 Å². The van der Waals surface area contributed by atoms with E-state index in [1.165, 1.54) is 0 Å². The molecule has 0 bridgehead atoms. The molecule has 1 rings (SSSR count). The zero-order valence-corrected chi connectivity index (χ0v) is 11.9. The molecule has 0 radical (unpaired) electrons. The molecule has 0 aliphatic heterocycles. The second-order valence-electron chi connectivity index (χ2n) is 4.61. The summed E-state index contributed by atoms with van der Waals surface area (Å²) in [6.07, 6.45) is 1.17. The highest BCUT2D eigenvalue weighted by molar-refractivity contribution is 5.97. The number of nitrogens with one attached hydrogen (secondary N) is 1. The van der Waals surface area contributed by atoms with Crippen LogP contribution in [0.25, 0.3) is 0 Å². The fourth-order valence-electron chi connectivity index (χ4n) is 1.62. The lowest BCUT2D eigenvalue weighted by atomic mass is 10.1. The number of Topliss-reactive ketones (excluding diaryl/α,β-unsaturated/α-hetero) is 1. The Morgan fingerprint density at radius 2 is 2.16 bits per heavy atom. The number of hydrogen-bond donors (Lipinski definition) is 1. The van der Waals surface area contributed by atoms with E-state index in [0.717, 1.165) is 19.6 Å². The Labute approximate surface area is 115 Å². The van der Waals surface area contributed by atoms with E-state index in [0.29, 0.717) is 17.9 Å². The molecule has 0 fully saturated rings. The number of ketones is 1. The maximum Gasteiger partial charge on any atom is 0.176 e. The van der Waals surface area contributed by atoms with Crippen LogP contribution >= 0.6 is 0 Å². The summed E-state index contributed by atoms with van der Waals surface area (Å²) in [4.78, 5) is 11.9. The molecule has 0 spiro atoms. The van der Waals surface area contributed by atoms with Gasteiger partial charge < -0.3 is 14.8 Å². The van der Waals surface area contributed by atoms with E-state index in [4.69, 9.17) is 9.47 Å². The number of carbonyl (C=O) groups excluding carboxylic acids is 1. The lowest BCUT2D eigenvalue weighted by Crippen LogP contribution is -2.25. The molecule has 0 heterocycles. The number of hydrogen-bond acceptors (Lipinski definition) is 4. The maximum atomic E-state index is 11.9. The Kier molecular flexibility index (Phi) is 7.15. The third kappa shape index (κ3) is 6.36. The predicted octanol–water partition coefficient (Wildman–Crippen LogP) is 2.28. The highest BCUT2D eigenvalue weighted by atomic mass is 16.5. The van der Waals surface area contributed by atoms with Crippen molar-refractivity contribution in [1.29, 1.82) is 0 Å². The van der Waals surface area contributed by atoms with Gasteiger partial charge in [-0.2, -0.15) is 0 Å². The molecule has 0 atom stereocenters. The normalized spacial score (nSPS) is 10.7. The maximum absolute atomic E-state index is 11.9. The third-order valence-corrected chi connectivity index (χ3v) is 2.63. The average molecular weight is 265 g/mol. The molecule has 106 valence electrons. The smallest absolute Gasteiger partial charge is 0.176 e. The summed E-state index contributed by atoms with van der Waals surface area (Å²) in [5.41, 5.74) is 0.672. The van der Waals surface area contributed by atoms with Gasteiger partial charge in [0.25, 0.3) is 0 Å². The first-order chi connectivity index (χ1) is 9.13. The Balaban J connectivity index is 2.23. The molecule has 0 saturated heterocycles. The lowest BCUT2D eigenvalue weighted by Gasteiger charge is -2.08. The van der Waals surface area contributed by atoms with Gasteiger partial charge in [-0.05, 0) is 38.9 Å². The van der Waals surface area contributed by atoms with E-state index < -0.39 is 0 Å². The van der Waals surface area contributed by atoms with Crippen molar-refractivity contribution in [3.8, 4) is 5.75 Å². The van der Waals surface area contributed by atoms with E-state index in [9.17, 15) is 4.79 Å². The zero-order chi connectivity index (χ0) is 14.1. The van der Waals surface area contributed by atoms with Gasteiger partial charge >= 0.3 is 0 Å². The summed E-state index contributed by atoms with van der Waals surface area (Å²) >= 11 is 0.